The van der Waals surface area contributed by atoms with Gasteiger partial charge in [0.05, 0.1) is 5.52 Å². The number of nitrogens with zero attached hydrogens (tertiary/aromatic N) is 1. The first kappa shape index (κ1) is 12.7. The summed E-state index contributed by atoms with van der Waals surface area (Å²) in [4.78, 5) is 4.77. The fourth-order valence-electron chi connectivity index (χ4n) is 2.73. The van der Waals surface area contributed by atoms with Gasteiger partial charge in [0.15, 0.2) is 0 Å². The van der Waals surface area contributed by atoms with Crippen LogP contribution in [0, 0.1) is 0 Å². The molecule has 0 radical (unpaired) electrons. The number of benzene rings is 3. The lowest BCUT2D eigenvalue weighted by atomic mass is 10.1. The molecule has 0 spiro atoms. The summed E-state index contributed by atoms with van der Waals surface area (Å²) >= 11 is 0. The maximum atomic E-state index is 5.91. The average molecular weight is 285 g/mol. The van der Waals surface area contributed by atoms with Gasteiger partial charge in [-0.15, -0.1) is 0 Å². The number of para-hydroxylation sites is 1. The van der Waals surface area contributed by atoms with Gasteiger partial charge in [0.2, 0.25) is 0 Å². The number of pyridine rings is 1. The molecule has 0 amide bonds. The van der Waals surface area contributed by atoms with Crippen LogP contribution in [0.1, 0.15) is 0 Å². The van der Waals surface area contributed by atoms with Crippen LogP contribution < -0.4 is 11.1 Å². The van der Waals surface area contributed by atoms with Crippen LogP contribution in [-0.2, 0) is 0 Å². The van der Waals surface area contributed by atoms with E-state index in [1.165, 1.54) is 5.39 Å². The summed E-state index contributed by atoms with van der Waals surface area (Å²) in [7, 11) is 0. The van der Waals surface area contributed by atoms with Crippen LogP contribution in [0.2, 0.25) is 0 Å². The topological polar surface area (TPSA) is 50.9 Å². The lowest BCUT2D eigenvalue weighted by Gasteiger charge is -2.12. The van der Waals surface area contributed by atoms with Crippen LogP contribution in [0.4, 0.5) is 17.2 Å². The Bertz CT molecular complexity index is 962. The van der Waals surface area contributed by atoms with E-state index >= 15 is 0 Å². The molecule has 0 bridgehead atoms. The molecule has 3 nitrogen and oxygen atoms in total. The van der Waals surface area contributed by atoms with Gasteiger partial charge in [0, 0.05) is 22.1 Å². The Balaban J connectivity index is 1.99. The lowest BCUT2D eigenvalue weighted by molar-refractivity contribution is 1.40. The van der Waals surface area contributed by atoms with E-state index in [0.29, 0.717) is 0 Å². The van der Waals surface area contributed by atoms with Crippen LogP contribution in [0.25, 0.3) is 21.7 Å². The van der Waals surface area contributed by atoms with Gasteiger partial charge in [-0.3, -0.25) is 0 Å². The number of anilines is 3. The third-order valence-corrected chi connectivity index (χ3v) is 3.76. The quantitative estimate of drug-likeness (QED) is 0.414. The van der Waals surface area contributed by atoms with Crippen LogP contribution in [0.5, 0.6) is 0 Å². The second kappa shape index (κ2) is 5.04. The predicted octanol–water partition coefficient (Wildman–Crippen LogP) is 4.71. The Hall–Kier alpha value is -3.07. The minimum atomic E-state index is 0.723. The average Bonchev–Trinajstić information content (AvgIpc) is 2.56. The Morgan fingerprint density at radius 1 is 0.727 bits per heavy atom. The third-order valence-electron chi connectivity index (χ3n) is 3.76. The highest BCUT2D eigenvalue weighted by molar-refractivity contribution is 6.11. The summed E-state index contributed by atoms with van der Waals surface area (Å²) in [5, 5.41) is 6.79. The monoisotopic (exact) mass is 285 g/mol. The Morgan fingerprint density at radius 2 is 1.45 bits per heavy atom. The summed E-state index contributed by atoms with van der Waals surface area (Å²) in [6.45, 7) is 0. The van der Waals surface area contributed by atoms with Crippen LogP contribution >= 0.6 is 0 Å². The minimum absolute atomic E-state index is 0.723. The fraction of sp³-hybridized carbons (Fsp3) is 0. The van der Waals surface area contributed by atoms with E-state index in [0.717, 1.165) is 33.5 Å². The molecular formula is C19H15N3. The van der Waals surface area contributed by atoms with Gasteiger partial charge in [-0.05, 0) is 29.7 Å². The molecule has 3 aromatic carbocycles. The molecule has 3 N–H and O–H groups in total. The van der Waals surface area contributed by atoms with Crippen molar-refractivity contribution in [3.05, 3.63) is 72.8 Å². The molecule has 0 atom stereocenters. The third kappa shape index (κ3) is 2.13. The van der Waals surface area contributed by atoms with Crippen molar-refractivity contribution >= 4 is 38.9 Å². The fourth-order valence-corrected chi connectivity index (χ4v) is 2.73. The van der Waals surface area contributed by atoms with Crippen molar-refractivity contribution < 1.29 is 0 Å². The summed E-state index contributed by atoms with van der Waals surface area (Å²) in [5.41, 5.74) is 8.55. The van der Waals surface area contributed by atoms with Crippen molar-refractivity contribution in [1.82, 2.24) is 4.98 Å². The lowest BCUT2D eigenvalue weighted by Crippen LogP contribution is -1.96. The summed E-state index contributed by atoms with van der Waals surface area (Å²) in [5.74, 6) is 0.847. The number of rotatable bonds is 2. The second-order valence-corrected chi connectivity index (χ2v) is 5.27. The summed E-state index contributed by atoms with van der Waals surface area (Å²) < 4.78 is 0. The molecule has 0 fully saturated rings. The first-order valence-electron chi connectivity index (χ1n) is 7.21. The van der Waals surface area contributed by atoms with E-state index < -0.39 is 0 Å². The SMILES string of the molecule is Nc1ccc2c(c1)nc(Nc1ccccc1)c1ccccc12. The molecule has 1 aromatic heterocycles. The molecule has 0 saturated heterocycles. The number of nitrogens with one attached hydrogen (secondary N) is 1. The summed E-state index contributed by atoms with van der Waals surface area (Å²) in [6.07, 6.45) is 0. The smallest absolute Gasteiger partial charge is 0.138 e. The highest BCUT2D eigenvalue weighted by Crippen LogP contribution is 2.31. The number of hydrogen-bond acceptors (Lipinski definition) is 3. The number of nitrogens with two attached hydrogens (primary N) is 1. The number of hydrogen-bond donors (Lipinski definition) is 2. The van der Waals surface area contributed by atoms with E-state index in [-0.39, 0.29) is 0 Å². The van der Waals surface area contributed by atoms with E-state index in [1.54, 1.807) is 0 Å². The molecule has 1 heterocycles. The van der Waals surface area contributed by atoms with Gasteiger partial charge in [0.25, 0.3) is 0 Å². The molecule has 3 heteroatoms. The maximum Gasteiger partial charge on any atom is 0.138 e. The zero-order chi connectivity index (χ0) is 14.9. The van der Waals surface area contributed by atoms with E-state index in [4.69, 9.17) is 10.7 Å². The first-order chi connectivity index (χ1) is 10.8. The highest BCUT2D eigenvalue weighted by Gasteiger charge is 2.08. The van der Waals surface area contributed by atoms with Gasteiger partial charge >= 0.3 is 0 Å². The maximum absolute atomic E-state index is 5.91. The predicted molar refractivity (Wildman–Crippen MR) is 93.4 cm³/mol. The van der Waals surface area contributed by atoms with Crippen molar-refractivity contribution in [2.75, 3.05) is 11.1 Å². The minimum Gasteiger partial charge on any atom is -0.399 e. The summed E-state index contributed by atoms with van der Waals surface area (Å²) in [6, 6.07) is 24.2. The van der Waals surface area contributed by atoms with Gasteiger partial charge < -0.3 is 11.1 Å². The Labute approximate surface area is 128 Å². The number of aromatic nitrogens is 1. The van der Waals surface area contributed by atoms with Crippen LogP contribution in [0.15, 0.2) is 72.8 Å². The van der Waals surface area contributed by atoms with E-state index in [9.17, 15) is 0 Å². The molecular weight excluding hydrogens is 270 g/mol. The molecule has 106 valence electrons. The molecule has 0 unspecified atom stereocenters. The van der Waals surface area contributed by atoms with Crippen molar-refractivity contribution in [2.45, 2.75) is 0 Å². The molecule has 4 rings (SSSR count). The van der Waals surface area contributed by atoms with Gasteiger partial charge in [-0.1, -0.05) is 48.5 Å². The zero-order valence-electron chi connectivity index (χ0n) is 12.0. The molecule has 0 saturated carbocycles. The largest absolute Gasteiger partial charge is 0.399 e. The zero-order valence-corrected chi connectivity index (χ0v) is 12.0. The van der Waals surface area contributed by atoms with E-state index in [2.05, 4.69) is 17.4 Å². The standard InChI is InChI=1S/C19H15N3/c20-13-10-11-16-15-8-4-5-9-17(15)19(22-18(16)12-13)21-14-6-2-1-3-7-14/h1-12H,20H2,(H,21,22). The normalized spacial score (nSPS) is 10.9. The molecule has 0 aliphatic carbocycles. The van der Waals surface area contributed by atoms with Gasteiger partial charge in [0.1, 0.15) is 5.82 Å². The number of nitrogen functional groups attached to an aromatic ring is 1. The molecule has 0 aliphatic heterocycles. The number of fused-ring (bicyclic) bond motifs is 3. The van der Waals surface area contributed by atoms with Gasteiger partial charge in [-0.2, -0.15) is 0 Å². The molecule has 4 aromatic rings. The van der Waals surface area contributed by atoms with Crippen molar-refractivity contribution in [2.24, 2.45) is 0 Å². The van der Waals surface area contributed by atoms with Crippen LogP contribution in [0.3, 0.4) is 0 Å². The van der Waals surface area contributed by atoms with Crippen molar-refractivity contribution in [3.63, 3.8) is 0 Å². The highest BCUT2D eigenvalue weighted by atomic mass is 15.0. The second-order valence-electron chi connectivity index (χ2n) is 5.27. The Morgan fingerprint density at radius 3 is 2.27 bits per heavy atom. The molecule has 0 aliphatic rings. The van der Waals surface area contributed by atoms with Crippen molar-refractivity contribution in [1.29, 1.82) is 0 Å². The molecule has 22 heavy (non-hydrogen) atoms. The van der Waals surface area contributed by atoms with Crippen molar-refractivity contribution in [3.8, 4) is 0 Å². The first-order valence-corrected chi connectivity index (χ1v) is 7.21. The Kier molecular flexibility index (Phi) is 2.90. The van der Waals surface area contributed by atoms with E-state index in [1.807, 2.05) is 60.7 Å². The van der Waals surface area contributed by atoms with Crippen LogP contribution in [-0.4, -0.2) is 4.98 Å². The van der Waals surface area contributed by atoms with Gasteiger partial charge in [-0.25, -0.2) is 4.98 Å².